The zero-order valence-corrected chi connectivity index (χ0v) is 13.7. The maximum Gasteiger partial charge on any atom is 0.350 e. The van der Waals surface area contributed by atoms with E-state index in [9.17, 15) is 9.59 Å². The van der Waals surface area contributed by atoms with Crippen LogP contribution in [0.3, 0.4) is 0 Å². The lowest BCUT2D eigenvalue weighted by atomic mass is 10.0. The molecule has 1 atom stereocenters. The summed E-state index contributed by atoms with van der Waals surface area (Å²) in [6.07, 6.45) is 3.75. The number of pyridine rings is 1. The predicted molar refractivity (Wildman–Crippen MR) is 90.0 cm³/mol. The molecule has 0 unspecified atom stereocenters. The monoisotopic (exact) mass is 328 g/mol. The number of H-pyrrole nitrogens is 1. The highest BCUT2D eigenvalue weighted by Crippen LogP contribution is 2.20. The standard InChI is InChI=1S/C16H20N6O2/c1-3-6-11(2)12-9-13(19-18-12)17-15(23)10-22-16(24)21-8-5-4-7-14(21)20-22/h4-5,7-9,11H,3,6,10H2,1-2H3,(H2,17,18,19,23)/t11-/m1/s1. The number of carbonyl (C=O) groups is 1. The van der Waals surface area contributed by atoms with Crippen LogP contribution in [0.2, 0.25) is 0 Å². The van der Waals surface area contributed by atoms with Crippen molar-refractivity contribution in [2.24, 2.45) is 0 Å². The van der Waals surface area contributed by atoms with Crippen LogP contribution in [0.4, 0.5) is 5.82 Å². The van der Waals surface area contributed by atoms with E-state index in [-0.39, 0.29) is 18.1 Å². The Kier molecular flexibility index (Phi) is 4.45. The van der Waals surface area contributed by atoms with Crippen molar-refractivity contribution in [1.29, 1.82) is 0 Å². The number of rotatable bonds is 6. The average Bonchev–Trinajstić information content (AvgIpc) is 3.14. The predicted octanol–water partition coefficient (Wildman–Crippen LogP) is 1.76. The molecule has 1 amide bonds. The summed E-state index contributed by atoms with van der Waals surface area (Å²) in [7, 11) is 0. The average molecular weight is 328 g/mol. The number of nitrogens with one attached hydrogen (secondary N) is 2. The van der Waals surface area contributed by atoms with Gasteiger partial charge in [0, 0.05) is 18.0 Å². The highest BCUT2D eigenvalue weighted by molar-refractivity contribution is 5.89. The number of aromatic amines is 1. The molecular weight excluding hydrogens is 308 g/mol. The Morgan fingerprint density at radius 1 is 1.42 bits per heavy atom. The van der Waals surface area contributed by atoms with Crippen LogP contribution < -0.4 is 11.0 Å². The van der Waals surface area contributed by atoms with Gasteiger partial charge in [0.1, 0.15) is 6.54 Å². The first kappa shape index (κ1) is 16.0. The molecule has 3 aromatic rings. The van der Waals surface area contributed by atoms with E-state index in [1.54, 1.807) is 24.4 Å². The third-order valence-corrected chi connectivity index (χ3v) is 3.90. The van der Waals surface area contributed by atoms with Gasteiger partial charge in [-0.05, 0) is 24.5 Å². The number of nitrogens with zero attached hydrogens (tertiary/aromatic N) is 4. The van der Waals surface area contributed by atoms with Crippen LogP contribution in [-0.4, -0.2) is 30.3 Å². The van der Waals surface area contributed by atoms with Gasteiger partial charge in [-0.2, -0.15) is 5.10 Å². The third-order valence-electron chi connectivity index (χ3n) is 3.90. The maximum atomic E-state index is 12.1. The van der Waals surface area contributed by atoms with E-state index in [1.807, 2.05) is 6.07 Å². The minimum Gasteiger partial charge on any atom is -0.308 e. The van der Waals surface area contributed by atoms with Crippen LogP contribution in [0, 0.1) is 0 Å². The van der Waals surface area contributed by atoms with Crippen LogP contribution in [0.15, 0.2) is 35.3 Å². The third kappa shape index (κ3) is 3.22. The van der Waals surface area contributed by atoms with E-state index in [0.29, 0.717) is 17.4 Å². The Bertz CT molecular complexity index is 907. The summed E-state index contributed by atoms with van der Waals surface area (Å²) in [4.78, 5) is 24.3. The van der Waals surface area contributed by atoms with Crippen molar-refractivity contribution in [3.63, 3.8) is 0 Å². The molecule has 0 aromatic carbocycles. The van der Waals surface area contributed by atoms with Crippen molar-refractivity contribution in [1.82, 2.24) is 24.4 Å². The van der Waals surface area contributed by atoms with Crippen molar-refractivity contribution in [2.75, 3.05) is 5.32 Å². The first-order valence-electron chi connectivity index (χ1n) is 7.98. The van der Waals surface area contributed by atoms with Crippen LogP contribution in [0.5, 0.6) is 0 Å². The van der Waals surface area contributed by atoms with Crippen LogP contribution >= 0.6 is 0 Å². The maximum absolute atomic E-state index is 12.1. The number of hydrogen-bond donors (Lipinski definition) is 2. The zero-order chi connectivity index (χ0) is 17.1. The molecule has 24 heavy (non-hydrogen) atoms. The summed E-state index contributed by atoms with van der Waals surface area (Å²) >= 11 is 0. The van der Waals surface area contributed by atoms with Gasteiger partial charge in [0.05, 0.1) is 0 Å². The molecule has 0 aliphatic heterocycles. The van der Waals surface area contributed by atoms with Gasteiger partial charge in [-0.25, -0.2) is 9.48 Å². The molecule has 2 N–H and O–H groups in total. The van der Waals surface area contributed by atoms with Gasteiger partial charge in [-0.15, -0.1) is 5.10 Å². The largest absolute Gasteiger partial charge is 0.350 e. The molecule has 126 valence electrons. The molecule has 3 heterocycles. The molecule has 0 fully saturated rings. The number of hydrogen-bond acceptors (Lipinski definition) is 4. The molecule has 3 aromatic heterocycles. The smallest absolute Gasteiger partial charge is 0.308 e. The second-order valence-corrected chi connectivity index (χ2v) is 5.82. The van der Waals surface area contributed by atoms with E-state index >= 15 is 0 Å². The molecule has 8 heteroatoms. The Labute approximate surface area is 138 Å². The second kappa shape index (κ2) is 6.69. The summed E-state index contributed by atoms with van der Waals surface area (Å²) in [6, 6.07) is 7.06. The zero-order valence-electron chi connectivity index (χ0n) is 13.7. The van der Waals surface area contributed by atoms with Gasteiger partial charge in [0.15, 0.2) is 11.5 Å². The van der Waals surface area contributed by atoms with Gasteiger partial charge in [0.25, 0.3) is 0 Å². The van der Waals surface area contributed by atoms with E-state index in [4.69, 9.17) is 0 Å². The normalized spacial score (nSPS) is 12.4. The van der Waals surface area contributed by atoms with Gasteiger partial charge in [-0.1, -0.05) is 26.3 Å². The minimum absolute atomic E-state index is 0.160. The van der Waals surface area contributed by atoms with E-state index in [0.717, 1.165) is 23.2 Å². The SMILES string of the molecule is CCC[C@@H](C)c1cc(NC(=O)Cn2nc3ccccn3c2=O)n[nH]1. The summed E-state index contributed by atoms with van der Waals surface area (Å²) in [5.74, 6) is 0.464. The summed E-state index contributed by atoms with van der Waals surface area (Å²) in [5, 5.41) is 13.9. The van der Waals surface area contributed by atoms with Crippen LogP contribution in [0.1, 0.15) is 38.3 Å². The van der Waals surface area contributed by atoms with Crippen molar-refractivity contribution in [3.8, 4) is 0 Å². The lowest BCUT2D eigenvalue weighted by Gasteiger charge is -2.05. The molecule has 0 radical (unpaired) electrons. The Balaban J connectivity index is 1.69. The molecule has 3 rings (SSSR count). The molecule has 0 saturated heterocycles. The minimum atomic E-state index is -0.347. The van der Waals surface area contributed by atoms with Crippen molar-refractivity contribution in [2.45, 2.75) is 39.2 Å². The Hall–Kier alpha value is -2.90. The van der Waals surface area contributed by atoms with Gasteiger partial charge in [-0.3, -0.25) is 14.3 Å². The van der Waals surface area contributed by atoms with E-state index in [1.165, 1.54) is 4.40 Å². The van der Waals surface area contributed by atoms with Crippen molar-refractivity contribution < 1.29 is 4.79 Å². The molecule has 8 nitrogen and oxygen atoms in total. The van der Waals surface area contributed by atoms with Crippen LogP contribution in [0.25, 0.3) is 5.65 Å². The van der Waals surface area contributed by atoms with Crippen molar-refractivity contribution in [3.05, 3.63) is 46.6 Å². The number of anilines is 1. The van der Waals surface area contributed by atoms with E-state index in [2.05, 4.69) is 34.5 Å². The Morgan fingerprint density at radius 3 is 3.00 bits per heavy atom. The Morgan fingerprint density at radius 2 is 2.25 bits per heavy atom. The lowest BCUT2D eigenvalue weighted by molar-refractivity contribution is -0.117. The quantitative estimate of drug-likeness (QED) is 0.720. The van der Waals surface area contributed by atoms with Gasteiger partial charge in [0.2, 0.25) is 5.91 Å². The van der Waals surface area contributed by atoms with Gasteiger partial charge >= 0.3 is 5.69 Å². The summed E-state index contributed by atoms with van der Waals surface area (Å²) in [5.41, 5.74) is 1.14. The second-order valence-electron chi connectivity index (χ2n) is 5.82. The molecule has 0 saturated carbocycles. The molecule has 0 aliphatic rings. The number of aromatic nitrogens is 5. The number of carbonyl (C=O) groups excluding carboxylic acids is 1. The fourth-order valence-electron chi connectivity index (χ4n) is 2.63. The first-order valence-corrected chi connectivity index (χ1v) is 7.98. The molecule has 0 spiro atoms. The highest BCUT2D eigenvalue weighted by Gasteiger charge is 2.13. The fourth-order valence-corrected chi connectivity index (χ4v) is 2.63. The lowest BCUT2D eigenvalue weighted by Crippen LogP contribution is -2.28. The topological polar surface area (TPSA) is 97.1 Å². The number of fused-ring (bicyclic) bond motifs is 1. The van der Waals surface area contributed by atoms with Gasteiger partial charge < -0.3 is 5.32 Å². The molecule has 0 aliphatic carbocycles. The number of amides is 1. The van der Waals surface area contributed by atoms with E-state index < -0.39 is 0 Å². The van der Waals surface area contributed by atoms with Crippen molar-refractivity contribution >= 4 is 17.4 Å². The summed E-state index contributed by atoms with van der Waals surface area (Å²) in [6.45, 7) is 4.08. The van der Waals surface area contributed by atoms with Crippen LogP contribution in [-0.2, 0) is 11.3 Å². The fraction of sp³-hybridized carbons (Fsp3) is 0.375. The first-order chi connectivity index (χ1) is 11.6. The molecular formula is C16H20N6O2. The summed E-state index contributed by atoms with van der Waals surface area (Å²) < 4.78 is 2.53. The highest BCUT2D eigenvalue weighted by atomic mass is 16.2. The molecule has 0 bridgehead atoms.